The van der Waals surface area contributed by atoms with E-state index in [0.29, 0.717) is 0 Å². The smallest absolute Gasteiger partial charge is 0.0406 e. The number of aryl methyl sites for hydroxylation is 1. The van der Waals surface area contributed by atoms with Crippen LogP contribution in [0.25, 0.3) is 0 Å². The number of unbranched alkanes of at least 4 members (excludes halogenated alkanes) is 3. The normalized spacial score (nSPS) is 16.7. The van der Waals surface area contributed by atoms with Gasteiger partial charge in [0, 0.05) is 5.02 Å². The molecule has 1 aromatic carbocycles. The topological polar surface area (TPSA) is 3.24 Å². The summed E-state index contributed by atoms with van der Waals surface area (Å²) in [5.74, 6) is 0. The standard InChI is InChI=1S/C17H26ClN/c18-17-11-9-16(10-12-17)8-4-1-2-5-13-19-14-6-3-7-15-19/h9-12H,1-8,13-15H2. The molecule has 0 N–H and O–H groups in total. The Balaban J connectivity index is 1.49. The van der Waals surface area contributed by atoms with E-state index in [1.807, 2.05) is 12.1 Å². The van der Waals surface area contributed by atoms with E-state index in [4.69, 9.17) is 11.6 Å². The molecule has 0 atom stereocenters. The van der Waals surface area contributed by atoms with Gasteiger partial charge in [-0.05, 0) is 69.4 Å². The van der Waals surface area contributed by atoms with Gasteiger partial charge in [-0.25, -0.2) is 0 Å². The van der Waals surface area contributed by atoms with Gasteiger partial charge in [-0.1, -0.05) is 43.0 Å². The van der Waals surface area contributed by atoms with Crippen molar-refractivity contribution in [3.8, 4) is 0 Å². The molecular weight excluding hydrogens is 254 g/mol. The molecule has 1 aliphatic rings. The van der Waals surface area contributed by atoms with Gasteiger partial charge in [0.1, 0.15) is 0 Å². The zero-order valence-electron chi connectivity index (χ0n) is 11.9. The van der Waals surface area contributed by atoms with Crippen LogP contribution < -0.4 is 0 Å². The van der Waals surface area contributed by atoms with E-state index in [2.05, 4.69) is 17.0 Å². The first-order valence-corrected chi connectivity index (χ1v) is 8.19. The third kappa shape index (κ3) is 5.97. The third-order valence-corrected chi connectivity index (χ3v) is 4.30. The van der Waals surface area contributed by atoms with E-state index in [9.17, 15) is 0 Å². The van der Waals surface area contributed by atoms with Crippen LogP contribution in [0.5, 0.6) is 0 Å². The molecule has 0 saturated carbocycles. The molecule has 1 aliphatic heterocycles. The van der Waals surface area contributed by atoms with Crippen molar-refractivity contribution in [2.45, 2.75) is 51.4 Å². The molecule has 0 aliphatic carbocycles. The van der Waals surface area contributed by atoms with Crippen molar-refractivity contribution in [3.05, 3.63) is 34.9 Å². The van der Waals surface area contributed by atoms with Crippen LogP contribution in [-0.4, -0.2) is 24.5 Å². The minimum absolute atomic E-state index is 0.838. The molecule has 106 valence electrons. The molecule has 2 heteroatoms. The molecule has 2 rings (SSSR count). The second kappa shape index (κ2) is 8.60. The van der Waals surface area contributed by atoms with Gasteiger partial charge in [0.2, 0.25) is 0 Å². The van der Waals surface area contributed by atoms with Crippen LogP contribution >= 0.6 is 11.6 Å². The van der Waals surface area contributed by atoms with Crippen LogP contribution in [-0.2, 0) is 6.42 Å². The lowest BCUT2D eigenvalue weighted by atomic mass is 10.1. The number of hydrogen-bond donors (Lipinski definition) is 0. The lowest BCUT2D eigenvalue weighted by molar-refractivity contribution is 0.224. The number of benzene rings is 1. The van der Waals surface area contributed by atoms with Gasteiger partial charge >= 0.3 is 0 Å². The summed E-state index contributed by atoms with van der Waals surface area (Å²) >= 11 is 5.88. The average Bonchev–Trinajstić information content (AvgIpc) is 2.46. The van der Waals surface area contributed by atoms with E-state index in [1.54, 1.807) is 0 Å². The molecule has 1 aromatic rings. The van der Waals surface area contributed by atoms with Gasteiger partial charge in [0.25, 0.3) is 0 Å². The molecule has 1 saturated heterocycles. The van der Waals surface area contributed by atoms with Crippen molar-refractivity contribution in [1.29, 1.82) is 0 Å². The van der Waals surface area contributed by atoms with Gasteiger partial charge < -0.3 is 4.90 Å². The van der Waals surface area contributed by atoms with Gasteiger partial charge in [-0.15, -0.1) is 0 Å². The highest BCUT2D eigenvalue weighted by Crippen LogP contribution is 2.13. The van der Waals surface area contributed by atoms with E-state index in [0.717, 1.165) is 5.02 Å². The summed E-state index contributed by atoms with van der Waals surface area (Å²) in [7, 11) is 0. The second-order valence-electron chi connectivity index (χ2n) is 5.69. The number of hydrogen-bond acceptors (Lipinski definition) is 1. The highest BCUT2D eigenvalue weighted by atomic mass is 35.5. The summed E-state index contributed by atoms with van der Waals surface area (Å²) < 4.78 is 0. The molecule has 0 unspecified atom stereocenters. The molecule has 1 nitrogen and oxygen atoms in total. The monoisotopic (exact) mass is 279 g/mol. The molecule has 1 fully saturated rings. The van der Waals surface area contributed by atoms with Gasteiger partial charge in [-0.3, -0.25) is 0 Å². The Kier molecular flexibility index (Phi) is 6.73. The first kappa shape index (κ1) is 14.9. The van der Waals surface area contributed by atoms with Gasteiger partial charge in [-0.2, -0.15) is 0 Å². The minimum Gasteiger partial charge on any atom is -0.303 e. The Bertz CT molecular complexity index is 341. The van der Waals surface area contributed by atoms with Gasteiger partial charge in [0.05, 0.1) is 0 Å². The zero-order chi connectivity index (χ0) is 13.3. The number of likely N-dealkylation sites (tertiary alicyclic amines) is 1. The van der Waals surface area contributed by atoms with Crippen LogP contribution in [0.4, 0.5) is 0 Å². The predicted octanol–water partition coefficient (Wildman–Crippen LogP) is 4.93. The number of piperidine rings is 1. The van der Waals surface area contributed by atoms with Crippen LogP contribution in [0.15, 0.2) is 24.3 Å². The highest BCUT2D eigenvalue weighted by molar-refractivity contribution is 6.30. The van der Waals surface area contributed by atoms with Crippen LogP contribution in [0.3, 0.4) is 0 Å². The second-order valence-corrected chi connectivity index (χ2v) is 6.13. The molecule has 0 amide bonds. The third-order valence-electron chi connectivity index (χ3n) is 4.05. The predicted molar refractivity (Wildman–Crippen MR) is 83.9 cm³/mol. The quantitative estimate of drug-likeness (QED) is 0.640. The van der Waals surface area contributed by atoms with Gasteiger partial charge in [0.15, 0.2) is 0 Å². The van der Waals surface area contributed by atoms with Crippen molar-refractivity contribution in [1.82, 2.24) is 4.90 Å². The average molecular weight is 280 g/mol. The fourth-order valence-corrected chi connectivity index (χ4v) is 2.98. The minimum atomic E-state index is 0.838. The maximum Gasteiger partial charge on any atom is 0.0406 e. The molecule has 19 heavy (non-hydrogen) atoms. The van der Waals surface area contributed by atoms with Crippen LogP contribution in [0, 0.1) is 0 Å². The first-order chi connectivity index (χ1) is 9.34. The maximum absolute atomic E-state index is 5.88. The Morgan fingerprint density at radius 1 is 0.842 bits per heavy atom. The molecular formula is C17H26ClN. The first-order valence-electron chi connectivity index (χ1n) is 7.81. The maximum atomic E-state index is 5.88. The summed E-state index contributed by atoms with van der Waals surface area (Å²) in [5.41, 5.74) is 1.42. The Morgan fingerprint density at radius 3 is 2.26 bits per heavy atom. The fourth-order valence-electron chi connectivity index (χ4n) is 2.85. The lowest BCUT2D eigenvalue weighted by Crippen LogP contribution is -2.30. The Labute approximate surface area is 123 Å². The van der Waals surface area contributed by atoms with Crippen molar-refractivity contribution in [2.75, 3.05) is 19.6 Å². The largest absolute Gasteiger partial charge is 0.303 e. The number of nitrogens with zero attached hydrogens (tertiary/aromatic N) is 1. The molecule has 0 spiro atoms. The SMILES string of the molecule is Clc1ccc(CCCCCCN2CCCCC2)cc1. The number of rotatable bonds is 7. The van der Waals surface area contributed by atoms with Crippen molar-refractivity contribution in [3.63, 3.8) is 0 Å². The summed E-state index contributed by atoms with van der Waals surface area (Å²) in [6, 6.07) is 8.28. The van der Waals surface area contributed by atoms with E-state index >= 15 is 0 Å². The van der Waals surface area contributed by atoms with Crippen molar-refractivity contribution < 1.29 is 0 Å². The van der Waals surface area contributed by atoms with E-state index in [-0.39, 0.29) is 0 Å². The summed E-state index contributed by atoms with van der Waals surface area (Å²) in [6.45, 7) is 4.00. The van der Waals surface area contributed by atoms with Crippen LogP contribution in [0.2, 0.25) is 5.02 Å². The Morgan fingerprint density at radius 2 is 1.53 bits per heavy atom. The van der Waals surface area contributed by atoms with Crippen molar-refractivity contribution >= 4 is 11.6 Å². The summed E-state index contributed by atoms with van der Waals surface area (Å²) in [4.78, 5) is 2.64. The fraction of sp³-hybridized carbons (Fsp3) is 0.647. The molecule has 0 radical (unpaired) electrons. The summed E-state index contributed by atoms with van der Waals surface area (Å²) in [6.07, 6.45) is 10.9. The van der Waals surface area contributed by atoms with E-state index < -0.39 is 0 Å². The Hall–Kier alpha value is -0.530. The molecule has 0 aromatic heterocycles. The number of halogens is 1. The lowest BCUT2D eigenvalue weighted by Gasteiger charge is -2.26. The zero-order valence-corrected chi connectivity index (χ0v) is 12.7. The molecule has 1 heterocycles. The summed E-state index contributed by atoms with van der Waals surface area (Å²) in [5, 5.41) is 0.838. The highest BCUT2D eigenvalue weighted by Gasteiger charge is 2.08. The van der Waals surface area contributed by atoms with Crippen LogP contribution in [0.1, 0.15) is 50.5 Å². The molecule has 0 bridgehead atoms. The van der Waals surface area contributed by atoms with Crippen molar-refractivity contribution in [2.24, 2.45) is 0 Å². The van der Waals surface area contributed by atoms with E-state index in [1.165, 1.54) is 76.6 Å².